The largest absolute Gasteiger partial charge is 0.214 e. The molecule has 1 saturated heterocycles. The van der Waals surface area contributed by atoms with Crippen molar-refractivity contribution in [1.29, 1.82) is 0 Å². The van der Waals surface area contributed by atoms with Crippen molar-refractivity contribution in [2.24, 2.45) is 0 Å². The molecule has 0 aromatic heterocycles. The van der Waals surface area contributed by atoms with Gasteiger partial charge in [-0.25, -0.2) is 12.7 Å². The molecule has 1 heterocycles. The molecule has 1 aliphatic rings. The van der Waals surface area contributed by atoms with Crippen LogP contribution in [0.25, 0.3) is 0 Å². The van der Waals surface area contributed by atoms with Gasteiger partial charge in [0.1, 0.15) is 0 Å². The molecule has 112 valence electrons. The second-order valence-electron chi connectivity index (χ2n) is 5.42. The molecule has 5 heteroatoms. The summed E-state index contributed by atoms with van der Waals surface area (Å²) < 4.78 is 26.2. The molecule has 0 spiro atoms. The minimum absolute atomic E-state index is 0.250. The van der Waals surface area contributed by atoms with Crippen molar-refractivity contribution in [3.8, 4) is 0 Å². The Morgan fingerprint density at radius 1 is 1.25 bits per heavy atom. The Kier molecular flexibility index (Phi) is 5.47. The number of sulfonamides is 1. The van der Waals surface area contributed by atoms with Crippen LogP contribution in [0.15, 0.2) is 24.3 Å². The first-order chi connectivity index (χ1) is 9.53. The summed E-state index contributed by atoms with van der Waals surface area (Å²) in [5.41, 5.74) is 1.19. The smallest absolute Gasteiger partial charge is 0.212 e. The Labute approximate surface area is 127 Å². The predicted octanol–water partition coefficient (Wildman–Crippen LogP) is 3.65. The first kappa shape index (κ1) is 15.8. The minimum atomic E-state index is -3.10. The van der Waals surface area contributed by atoms with E-state index in [0.29, 0.717) is 19.5 Å². The van der Waals surface area contributed by atoms with Gasteiger partial charge in [0.15, 0.2) is 0 Å². The van der Waals surface area contributed by atoms with Crippen LogP contribution in [-0.4, -0.2) is 31.6 Å². The Morgan fingerprint density at radius 3 is 2.60 bits per heavy atom. The van der Waals surface area contributed by atoms with Gasteiger partial charge < -0.3 is 0 Å². The molecule has 1 aromatic carbocycles. The second-order valence-corrected chi connectivity index (χ2v) is 7.94. The number of benzene rings is 1. The van der Waals surface area contributed by atoms with Crippen LogP contribution in [0.5, 0.6) is 0 Å². The third-order valence-corrected chi connectivity index (χ3v) is 6.13. The summed E-state index contributed by atoms with van der Waals surface area (Å²) in [7, 11) is -3.10. The number of nitrogens with zero attached hydrogens (tertiary/aromatic N) is 1. The molecule has 3 nitrogen and oxygen atoms in total. The Hall–Kier alpha value is -0.580. The zero-order valence-corrected chi connectivity index (χ0v) is 13.5. The van der Waals surface area contributed by atoms with Crippen molar-refractivity contribution in [3.05, 3.63) is 34.9 Å². The van der Waals surface area contributed by atoms with Crippen LogP contribution in [0.2, 0.25) is 5.02 Å². The van der Waals surface area contributed by atoms with Crippen LogP contribution in [0, 0.1) is 0 Å². The standard InChI is InChI=1S/C15H22ClNO2S/c1-2-11-20(18,19)17-10-4-3-5-14(12-17)13-6-8-15(16)9-7-13/h6-9,14H,2-5,10-12H2,1H3. The highest BCUT2D eigenvalue weighted by Gasteiger charge is 2.27. The minimum Gasteiger partial charge on any atom is -0.212 e. The van der Waals surface area contributed by atoms with E-state index >= 15 is 0 Å². The molecule has 1 aromatic rings. The predicted molar refractivity (Wildman–Crippen MR) is 83.7 cm³/mol. The Morgan fingerprint density at radius 2 is 1.95 bits per heavy atom. The van der Waals surface area contributed by atoms with Crippen molar-refractivity contribution in [3.63, 3.8) is 0 Å². The van der Waals surface area contributed by atoms with Crippen LogP contribution >= 0.6 is 11.6 Å². The fourth-order valence-corrected chi connectivity index (χ4v) is 4.47. The van der Waals surface area contributed by atoms with Gasteiger partial charge in [0.05, 0.1) is 5.75 Å². The Bertz CT molecular complexity index is 527. The van der Waals surface area contributed by atoms with Gasteiger partial charge in [-0.3, -0.25) is 0 Å². The lowest BCUT2D eigenvalue weighted by Gasteiger charge is -2.24. The van der Waals surface area contributed by atoms with E-state index in [4.69, 9.17) is 11.6 Å². The molecule has 2 rings (SSSR count). The normalized spacial score (nSPS) is 21.6. The summed E-state index contributed by atoms with van der Waals surface area (Å²) >= 11 is 5.92. The lowest BCUT2D eigenvalue weighted by molar-refractivity contribution is 0.406. The van der Waals surface area contributed by atoms with Gasteiger partial charge in [0, 0.05) is 18.1 Å². The quantitative estimate of drug-likeness (QED) is 0.850. The third kappa shape index (κ3) is 3.96. The van der Waals surface area contributed by atoms with Crippen LogP contribution in [0.4, 0.5) is 0 Å². The van der Waals surface area contributed by atoms with Gasteiger partial charge >= 0.3 is 0 Å². The van der Waals surface area contributed by atoms with E-state index in [2.05, 4.69) is 0 Å². The molecule has 0 amide bonds. The second kappa shape index (κ2) is 6.92. The fourth-order valence-electron chi connectivity index (χ4n) is 2.75. The molecule has 1 atom stereocenters. The zero-order valence-electron chi connectivity index (χ0n) is 11.9. The first-order valence-electron chi connectivity index (χ1n) is 7.26. The molecule has 1 unspecified atom stereocenters. The maximum Gasteiger partial charge on any atom is 0.214 e. The van der Waals surface area contributed by atoms with Gasteiger partial charge in [0.25, 0.3) is 0 Å². The number of hydrogen-bond acceptors (Lipinski definition) is 2. The van der Waals surface area contributed by atoms with Crippen molar-refractivity contribution < 1.29 is 8.42 Å². The zero-order chi connectivity index (χ0) is 14.6. The van der Waals surface area contributed by atoms with E-state index in [1.807, 2.05) is 31.2 Å². The summed E-state index contributed by atoms with van der Waals surface area (Å²) in [5, 5.41) is 0.720. The summed E-state index contributed by atoms with van der Waals surface area (Å²) in [4.78, 5) is 0. The van der Waals surface area contributed by atoms with E-state index in [0.717, 1.165) is 24.3 Å². The van der Waals surface area contributed by atoms with Crippen molar-refractivity contribution in [2.45, 2.75) is 38.5 Å². The van der Waals surface area contributed by atoms with Crippen LogP contribution < -0.4 is 0 Å². The van der Waals surface area contributed by atoms with Gasteiger partial charge in [-0.15, -0.1) is 0 Å². The maximum absolute atomic E-state index is 12.3. The van der Waals surface area contributed by atoms with Gasteiger partial charge in [-0.05, 0) is 42.9 Å². The van der Waals surface area contributed by atoms with E-state index in [1.54, 1.807) is 4.31 Å². The highest BCUT2D eigenvalue weighted by atomic mass is 35.5. The molecule has 0 aliphatic carbocycles. The molecule has 0 radical (unpaired) electrons. The fraction of sp³-hybridized carbons (Fsp3) is 0.600. The number of halogens is 1. The van der Waals surface area contributed by atoms with E-state index in [9.17, 15) is 8.42 Å². The number of rotatable bonds is 4. The maximum atomic E-state index is 12.3. The summed E-state index contributed by atoms with van der Waals surface area (Å²) in [6, 6.07) is 7.80. The monoisotopic (exact) mass is 315 g/mol. The Balaban J connectivity index is 2.17. The average molecular weight is 316 g/mol. The van der Waals surface area contributed by atoms with E-state index in [1.165, 1.54) is 5.56 Å². The summed E-state index contributed by atoms with van der Waals surface area (Å²) in [6.07, 6.45) is 3.74. The van der Waals surface area contributed by atoms with Crippen LogP contribution in [0.1, 0.15) is 44.1 Å². The molecule has 20 heavy (non-hydrogen) atoms. The molecule has 0 bridgehead atoms. The highest BCUT2D eigenvalue weighted by Crippen LogP contribution is 2.28. The lowest BCUT2D eigenvalue weighted by Crippen LogP contribution is -2.35. The lowest BCUT2D eigenvalue weighted by atomic mass is 9.95. The van der Waals surface area contributed by atoms with Crippen molar-refractivity contribution >= 4 is 21.6 Å². The topological polar surface area (TPSA) is 37.4 Å². The SMILES string of the molecule is CCCS(=O)(=O)N1CCCCC(c2ccc(Cl)cc2)C1. The molecular weight excluding hydrogens is 294 g/mol. The van der Waals surface area contributed by atoms with Gasteiger partial charge in [-0.2, -0.15) is 0 Å². The summed E-state index contributed by atoms with van der Waals surface area (Å²) in [5.74, 6) is 0.529. The molecular formula is C15H22ClNO2S. The van der Waals surface area contributed by atoms with Crippen LogP contribution in [0.3, 0.4) is 0 Å². The van der Waals surface area contributed by atoms with Gasteiger partial charge in [0.2, 0.25) is 10.0 Å². The van der Waals surface area contributed by atoms with Crippen molar-refractivity contribution in [1.82, 2.24) is 4.31 Å². The molecule has 1 aliphatic heterocycles. The average Bonchev–Trinajstić information content (AvgIpc) is 2.66. The van der Waals surface area contributed by atoms with E-state index in [-0.39, 0.29) is 11.7 Å². The summed E-state index contributed by atoms with van der Waals surface area (Å²) in [6.45, 7) is 3.17. The third-order valence-electron chi connectivity index (χ3n) is 3.83. The number of hydrogen-bond donors (Lipinski definition) is 0. The van der Waals surface area contributed by atoms with Gasteiger partial charge in [-0.1, -0.05) is 37.1 Å². The molecule has 0 N–H and O–H groups in total. The van der Waals surface area contributed by atoms with E-state index < -0.39 is 10.0 Å². The van der Waals surface area contributed by atoms with Crippen molar-refractivity contribution in [2.75, 3.05) is 18.8 Å². The highest BCUT2D eigenvalue weighted by molar-refractivity contribution is 7.89. The molecule has 0 saturated carbocycles. The molecule has 1 fully saturated rings. The first-order valence-corrected chi connectivity index (χ1v) is 9.25. The van der Waals surface area contributed by atoms with Crippen LogP contribution in [-0.2, 0) is 10.0 Å².